The lowest BCUT2D eigenvalue weighted by atomic mass is 10.1. The van der Waals surface area contributed by atoms with Gasteiger partial charge in [-0.2, -0.15) is 0 Å². The number of hydrogen-bond acceptors (Lipinski definition) is 3. The first-order chi connectivity index (χ1) is 11.6. The Hall–Kier alpha value is -2.05. The summed E-state index contributed by atoms with van der Waals surface area (Å²) in [5.41, 5.74) is 7.56. The van der Waals surface area contributed by atoms with Crippen LogP contribution in [0.15, 0.2) is 46.9 Å². The fourth-order valence-electron chi connectivity index (χ4n) is 2.36. The zero-order chi connectivity index (χ0) is 17.4. The maximum absolute atomic E-state index is 10.9. The Morgan fingerprint density at radius 3 is 2.62 bits per heavy atom. The molecule has 0 unspecified atom stereocenters. The molecular formula is C18H22BrN2O3+. The van der Waals surface area contributed by atoms with Crippen molar-refractivity contribution in [2.75, 3.05) is 20.3 Å². The number of nitrogens with two attached hydrogens (primary N) is 2. The number of primary amides is 1. The van der Waals surface area contributed by atoms with E-state index in [2.05, 4.69) is 45.5 Å². The van der Waals surface area contributed by atoms with Crippen LogP contribution < -0.4 is 20.5 Å². The van der Waals surface area contributed by atoms with E-state index in [1.807, 2.05) is 18.2 Å². The van der Waals surface area contributed by atoms with Crippen LogP contribution in [0.3, 0.4) is 0 Å². The number of rotatable bonds is 9. The number of quaternary nitrogens is 1. The summed E-state index contributed by atoms with van der Waals surface area (Å²) in [7, 11) is 1.57. The van der Waals surface area contributed by atoms with Crippen molar-refractivity contribution in [3.05, 3.63) is 58.1 Å². The first-order valence-corrected chi connectivity index (χ1v) is 8.52. The van der Waals surface area contributed by atoms with E-state index in [0.717, 1.165) is 29.5 Å². The van der Waals surface area contributed by atoms with E-state index >= 15 is 0 Å². The summed E-state index contributed by atoms with van der Waals surface area (Å²) in [6, 6.07) is 14.3. The molecule has 2 aromatic rings. The summed E-state index contributed by atoms with van der Waals surface area (Å²) in [4.78, 5) is 10.9. The molecule has 0 saturated heterocycles. The second kappa shape index (κ2) is 9.30. The maximum Gasteiger partial charge on any atom is 0.255 e. The molecule has 0 aliphatic carbocycles. The van der Waals surface area contributed by atoms with Gasteiger partial charge < -0.3 is 20.5 Å². The summed E-state index contributed by atoms with van der Waals surface area (Å²) in [6.45, 7) is 1.65. The van der Waals surface area contributed by atoms with E-state index in [9.17, 15) is 4.79 Å². The van der Waals surface area contributed by atoms with E-state index in [0.29, 0.717) is 11.5 Å². The fourth-order valence-corrected chi connectivity index (χ4v) is 2.96. The van der Waals surface area contributed by atoms with E-state index in [1.54, 1.807) is 7.11 Å². The molecule has 0 spiro atoms. The van der Waals surface area contributed by atoms with Crippen molar-refractivity contribution < 1.29 is 19.6 Å². The second-order valence-electron chi connectivity index (χ2n) is 5.38. The number of amides is 1. The molecule has 4 N–H and O–H groups in total. The summed E-state index contributed by atoms with van der Waals surface area (Å²) in [5, 5.41) is 2.25. The lowest BCUT2D eigenvalue weighted by Gasteiger charge is -2.13. The maximum atomic E-state index is 10.9. The fraction of sp³-hybridized carbons (Fsp3) is 0.278. The molecule has 0 atom stereocenters. The Balaban J connectivity index is 1.93. The third-order valence-electron chi connectivity index (χ3n) is 3.51. The first-order valence-electron chi connectivity index (χ1n) is 7.73. The van der Waals surface area contributed by atoms with E-state index < -0.39 is 5.91 Å². The Kier molecular flexibility index (Phi) is 7.08. The number of benzene rings is 2. The standard InChI is InChI=1S/C18H21BrN2O3/c1-23-16-10-14(9-15(19)18(16)24-12-17(20)22)11-21-8-7-13-5-3-2-4-6-13/h2-6,9-10,21H,7-8,11-12H2,1H3,(H2,20,22)/p+1. The minimum absolute atomic E-state index is 0.183. The van der Waals surface area contributed by atoms with Crippen LogP contribution >= 0.6 is 15.9 Å². The number of carbonyl (C=O) groups is 1. The molecule has 0 fully saturated rings. The van der Waals surface area contributed by atoms with Gasteiger partial charge in [0.05, 0.1) is 18.1 Å². The van der Waals surface area contributed by atoms with E-state index in [1.165, 1.54) is 5.56 Å². The van der Waals surface area contributed by atoms with Crippen LogP contribution in [0.25, 0.3) is 0 Å². The Bertz CT molecular complexity index is 677. The number of ether oxygens (including phenoxy) is 2. The van der Waals surface area contributed by atoms with Crippen molar-refractivity contribution >= 4 is 21.8 Å². The molecular weight excluding hydrogens is 372 g/mol. The largest absolute Gasteiger partial charge is 0.493 e. The van der Waals surface area contributed by atoms with Crippen molar-refractivity contribution in [3.63, 3.8) is 0 Å². The van der Waals surface area contributed by atoms with Crippen LogP contribution in [-0.4, -0.2) is 26.2 Å². The van der Waals surface area contributed by atoms with Gasteiger partial charge in [-0.3, -0.25) is 4.79 Å². The zero-order valence-electron chi connectivity index (χ0n) is 13.6. The molecule has 6 heteroatoms. The van der Waals surface area contributed by atoms with Crippen molar-refractivity contribution in [1.29, 1.82) is 0 Å². The minimum Gasteiger partial charge on any atom is -0.493 e. The topological polar surface area (TPSA) is 78.2 Å². The normalized spacial score (nSPS) is 10.4. The molecule has 1 amide bonds. The summed E-state index contributed by atoms with van der Waals surface area (Å²) in [5.74, 6) is 0.545. The summed E-state index contributed by atoms with van der Waals surface area (Å²) >= 11 is 3.46. The highest BCUT2D eigenvalue weighted by Crippen LogP contribution is 2.36. The van der Waals surface area contributed by atoms with Crippen molar-refractivity contribution in [1.82, 2.24) is 0 Å². The molecule has 0 saturated carbocycles. The van der Waals surface area contributed by atoms with Crippen molar-refractivity contribution in [3.8, 4) is 11.5 Å². The van der Waals surface area contributed by atoms with Gasteiger partial charge in [0.2, 0.25) is 0 Å². The Labute approximate surface area is 150 Å². The highest BCUT2D eigenvalue weighted by atomic mass is 79.9. The third-order valence-corrected chi connectivity index (χ3v) is 4.10. The highest BCUT2D eigenvalue weighted by molar-refractivity contribution is 9.10. The van der Waals surface area contributed by atoms with Gasteiger partial charge in [-0.15, -0.1) is 0 Å². The average molecular weight is 394 g/mol. The van der Waals surface area contributed by atoms with Crippen LogP contribution in [0.2, 0.25) is 0 Å². The minimum atomic E-state index is -0.526. The van der Waals surface area contributed by atoms with Gasteiger partial charge in [-0.05, 0) is 33.6 Å². The molecule has 24 heavy (non-hydrogen) atoms. The molecule has 2 rings (SSSR count). The zero-order valence-corrected chi connectivity index (χ0v) is 15.2. The molecule has 0 aliphatic rings. The molecule has 0 bridgehead atoms. The SMILES string of the molecule is COc1cc(C[NH2+]CCc2ccccc2)cc(Br)c1OCC(N)=O. The van der Waals surface area contributed by atoms with Crippen LogP contribution in [0.4, 0.5) is 0 Å². The Morgan fingerprint density at radius 2 is 1.96 bits per heavy atom. The van der Waals surface area contributed by atoms with Gasteiger partial charge >= 0.3 is 0 Å². The first kappa shape index (κ1) is 18.3. The summed E-state index contributed by atoms with van der Waals surface area (Å²) in [6.07, 6.45) is 1.03. The quantitative estimate of drug-likeness (QED) is 0.635. The number of halogens is 1. The molecule has 5 nitrogen and oxygen atoms in total. The van der Waals surface area contributed by atoms with Gasteiger partial charge in [-0.25, -0.2) is 0 Å². The molecule has 2 aromatic carbocycles. The molecule has 128 valence electrons. The highest BCUT2D eigenvalue weighted by Gasteiger charge is 2.13. The smallest absolute Gasteiger partial charge is 0.255 e. The van der Waals surface area contributed by atoms with E-state index in [-0.39, 0.29) is 6.61 Å². The van der Waals surface area contributed by atoms with Gasteiger partial charge in [0.15, 0.2) is 18.1 Å². The number of carbonyl (C=O) groups excluding carboxylic acids is 1. The lowest BCUT2D eigenvalue weighted by molar-refractivity contribution is -0.670. The van der Waals surface area contributed by atoms with E-state index in [4.69, 9.17) is 15.2 Å². The second-order valence-corrected chi connectivity index (χ2v) is 6.24. The number of hydrogen-bond donors (Lipinski definition) is 2. The molecule has 0 radical (unpaired) electrons. The third kappa shape index (κ3) is 5.54. The van der Waals surface area contributed by atoms with Crippen LogP contribution in [0.1, 0.15) is 11.1 Å². The molecule has 0 heterocycles. The lowest BCUT2D eigenvalue weighted by Crippen LogP contribution is -2.83. The number of methoxy groups -OCH3 is 1. The predicted octanol–water partition coefficient (Wildman–Crippen LogP) is 1.63. The van der Waals surface area contributed by atoms with Crippen molar-refractivity contribution in [2.24, 2.45) is 5.73 Å². The Morgan fingerprint density at radius 1 is 1.21 bits per heavy atom. The predicted molar refractivity (Wildman–Crippen MR) is 96.0 cm³/mol. The van der Waals surface area contributed by atoms with Gasteiger partial charge in [0, 0.05) is 12.0 Å². The van der Waals surface area contributed by atoms with Gasteiger partial charge in [0.1, 0.15) is 6.54 Å². The monoisotopic (exact) mass is 393 g/mol. The summed E-state index contributed by atoms with van der Waals surface area (Å²) < 4.78 is 11.5. The molecule has 0 aromatic heterocycles. The van der Waals surface area contributed by atoms with Crippen LogP contribution in [0, 0.1) is 0 Å². The van der Waals surface area contributed by atoms with Crippen LogP contribution in [-0.2, 0) is 17.8 Å². The van der Waals surface area contributed by atoms with Gasteiger partial charge in [-0.1, -0.05) is 30.3 Å². The van der Waals surface area contributed by atoms with Crippen molar-refractivity contribution in [2.45, 2.75) is 13.0 Å². The van der Waals surface area contributed by atoms with Crippen LogP contribution in [0.5, 0.6) is 11.5 Å². The van der Waals surface area contributed by atoms with Gasteiger partial charge in [0.25, 0.3) is 5.91 Å². The average Bonchev–Trinajstić information content (AvgIpc) is 2.58. The molecule has 0 aliphatic heterocycles.